The van der Waals surface area contributed by atoms with E-state index in [4.69, 9.17) is 19.7 Å². The molecule has 0 spiro atoms. The molecule has 0 atom stereocenters. The van der Waals surface area contributed by atoms with E-state index < -0.39 is 0 Å². The average Bonchev–Trinajstić information content (AvgIpc) is 3.24. The van der Waals surface area contributed by atoms with E-state index in [0.29, 0.717) is 17.2 Å². The van der Waals surface area contributed by atoms with Crippen LogP contribution in [-0.2, 0) is 6.54 Å². The Kier molecular flexibility index (Phi) is 5.13. The highest BCUT2D eigenvalue weighted by atomic mass is 32.1. The summed E-state index contributed by atoms with van der Waals surface area (Å²) in [5.41, 5.74) is 8.35. The number of nitrogen functional groups attached to an aromatic ring is 1. The number of aromatic nitrogens is 1. The first-order valence-electron chi connectivity index (χ1n) is 7.83. The van der Waals surface area contributed by atoms with E-state index in [9.17, 15) is 4.79 Å². The second-order valence-electron chi connectivity index (χ2n) is 5.56. The van der Waals surface area contributed by atoms with Crippen LogP contribution in [0.1, 0.15) is 21.5 Å². The van der Waals surface area contributed by atoms with Gasteiger partial charge in [-0.3, -0.25) is 4.79 Å². The van der Waals surface area contributed by atoms with Crippen LogP contribution < -0.4 is 20.5 Å². The number of carbonyl (C=O) groups excluding carboxylic acids is 1. The smallest absolute Gasteiger partial charge is 0.259 e. The summed E-state index contributed by atoms with van der Waals surface area (Å²) in [6.45, 7) is 2.21. The number of nitrogens with one attached hydrogen (secondary N) is 1. The van der Waals surface area contributed by atoms with Gasteiger partial charge in [-0.2, -0.15) is 0 Å². The van der Waals surface area contributed by atoms with Crippen molar-refractivity contribution < 1.29 is 18.8 Å². The molecule has 1 amide bonds. The Morgan fingerprint density at radius 3 is 2.77 bits per heavy atom. The summed E-state index contributed by atoms with van der Waals surface area (Å²) < 4.78 is 15.6. The minimum Gasteiger partial charge on any atom is -0.497 e. The second kappa shape index (κ2) is 7.49. The molecule has 8 heteroatoms. The standard InChI is InChI=1S/C18H19N3O4S/c1-10-6-7-26-16(10)15-14(17(19)25-21-15)18(22)20-9-11-4-5-12(23-2)8-13(11)24-3/h4-8H,9,19H2,1-3H3,(H,20,22). The molecule has 3 aromatic rings. The Labute approximate surface area is 154 Å². The SMILES string of the molecule is COc1ccc(CNC(=O)c2c(-c3sccc3C)noc2N)c(OC)c1. The molecular weight excluding hydrogens is 354 g/mol. The zero-order valence-corrected chi connectivity index (χ0v) is 15.5. The van der Waals surface area contributed by atoms with E-state index in [1.807, 2.05) is 24.4 Å². The molecule has 0 radical (unpaired) electrons. The topological polar surface area (TPSA) is 99.6 Å². The van der Waals surface area contributed by atoms with Gasteiger partial charge in [0, 0.05) is 18.2 Å². The van der Waals surface area contributed by atoms with E-state index in [1.54, 1.807) is 26.4 Å². The highest BCUT2D eigenvalue weighted by molar-refractivity contribution is 7.13. The lowest BCUT2D eigenvalue weighted by atomic mass is 10.1. The maximum Gasteiger partial charge on any atom is 0.259 e. The monoisotopic (exact) mass is 373 g/mol. The molecule has 26 heavy (non-hydrogen) atoms. The van der Waals surface area contributed by atoms with Gasteiger partial charge in [0.15, 0.2) is 0 Å². The maximum atomic E-state index is 12.7. The predicted molar refractivity (Wildman–Crippen MR) is 99.7 cm³/mol. The molecule has 0 saturated heterocycles. The van der Waals surface area contributed by atoms with Crippen LogP contribution >= 0.6 is 11.3 Å². The number of ether oxygens (including phenoxy) is 2. The number of thiophene rings is 1. The molecule has 7 nitrogen and oxygen atoms in total. The van der Waals surface area contributed by atoms with Crippen molar-refractivity contribution in [2.24, 2.45) is 0 Å². The number of amides is 1. The second-order valence-corrected chi connectivity index (χ2v) is 6.48. The Morgan fingerprint density at radius 1 is 1.31 bits per heavy atom. The molecule has 0 aliphatic heterocycles. The third-order valence-electron chi connectivity index (χ3n) is 3.96. The number of anilines is 1. The van der Waals surface area contributed by atoms with Gasteiger partial charge >= 0.3 is 0 Å². The third-order valence-corrected chi connectivity index (χ3v) is 4.98. The molecule has 0 aliphatic rings. The van der Waals surface area contributed by atoms with E-state index in [2.05, 4.69) is 10.5 Å². The van der Waals surface area contributed by atoms with Gasteiger partial charge in [-0.05, 0) is 36.1 Å². The Morgan fingerprint density at radius 2 is 2.12 bits per heavy atom. The molecule has 0 saturated carbocycles. The Bertz CT molecular complexity index is 932. The zero-order valence-electron chi connectivity index (χ0n) is 14.7. The van der Waals surface area contributed by atoms with Crippen LogP contribution in [0.4, 0.5) is 5.88 Å². The van der Waals surface area contributed by atoms with Crippen molar-refractivity contribution in [3.05, 3.63) is 46.3 Å². The van der Waals surface area contributed by atoms with Gasteiger partial charge in [0.2, 0.25) is 5.88 Å². The zero-order chi connectivity index (χ0) is 18.7. The van der Waals surface area contributed by atoms with Gasteiger partial charge in [0.25, 0.3) is 5.91 Å². The molecule has 2 heterocycles. The normalized spacial score (nSPS) is 10.6. The van der Waals surface area contributed by atoms with Gasteiger partial charge in [0.05, 0.1) is 19.1 Å². The predicted octanol–water partition coefficient (Wildman–Crippen LogP) is 3.24. The molecule has 0 aliphatic carbocycles. The number of carbonyl (C=O) groups is 1. The average molecular weight is 373 g/mol. The van der Waals surface area contributed by atoms with Gasteiger partial charge < -0.3 is 25.0 Å². The number of aryl methyl sites for hydroxylation is 1. The summed E-state index contributed by atoms with van der Waals surface area (Å²) in [5.74, 6) is 0.935. The minimum absolute atomic E-state index is 0.00741. The fourth-order valence-electron chi connectivity index (χ4n) is 2.55. The molecule has 3 N–H and O–H groups in total. The van der Waals surface area contributed by atoms with Gasteiger partial charge in [0.1, 0.15) is 22.8 Å². The molecule has 136 valence electrons. The van der Waals surface area contributed by atoms with Crippen LogP contribution in [0.3, 0.4) is 0 Å². The van der Waals surface area contributed by atoms with Crippen LogP contribution in [0.2, 0.25) is 0 Å². The number of benzene rings is 1. The maximum absolute atomic E-state index is 12.7. The van der Waals surface area contributed by atoms with Gasteiger partial charge in [-0.1, -0.05) is 5.16 Å². The highest BCUT2D eigenvalue weighted by Gasteiger charge is 2.24. The summed E-state index contributed by atoms with van der Waals surface area (Å²) in [7, 11) is 3.15. The molecule has 0 fully saturated rings. The first kappa shape index (κ1) is 17.8. The minimum atomic E-state index is -0.357. The van der Waals surface area contributed by atoms with Crippen LogP contribution in [0.5, 0.6) is 11.5 Å². The van der Waals surface area contributed by atoms with Gasteiger partial charge in [-0.15, -0.1) is 11.3 Å². The van der Waals surface area contributed by atoms with Crippen molar-refractivity contribution in [2.75, 3.05) is 20.0 Å². The fraction of sp³-hybridized carbons (Fsp3) is 0.222. The first-order chi connectivity index (χ1) is 12.5. The molecule has 0 unspecified atom stereocenters. The van der Waals surface area contributed by atoms with Crippen LogP contribution in [0, 0.1) is 6.92 Å². The Hall–Kier alpha value is -3.00. The largest absolute Gasteiger partial charge is 0.497 e. The summed E-state index contributed by atoms with van der Waals surface area (Å²) in [6.07, 6.45) is 0. The lowest BCUT2D eigenvalue weighted by molar-refractivity contribution is 0.0952. The molecule has 0 bridgehead atoms. The van der Waals surface area contributed by atoms with E-state index in [1.165, 1.54) is 11.3 Å². The van der Waals surface area contributed by atoms with Crippen molar-refractivity contribution in [3.63, 3.8) is 0 Å². The summed E-state index contributed by atoms with van der Waals surface area (Å²) in [4.78, 5) is 13.6. The number of methoxy groups -OCH3 is 2. The molecule has 3 rings (SSSR count). The molecule has 2 aromatic heterocycles. The lowest BCUT2D eigenvalue weighted by Gasteiger charge is -2.11. The van der Waals surface area contributed by atoms with Crippen LogP contribution in [0.25, 0.3) is 10.6 Å². The van der Waals surface area contributed by atoms with Crippen molar-refractivity contribution in [3.8, 4) is 22.1 Å². The summed E-state index contributed by atoms with van der Waals surface area (Å²) in [6, 6.07) is 7.35. The lowest BCUT2D eigenvalue weighted by Crippen LogP contribution is -2.24. The number of hydrogen-bond acceptors (Lipinski definition) is 7. The summed E-state index contributed by atoms with van der Waals surface area (Å²) >= 11 is 1.48. The molecule has 1 aromatic carbocycles. The number of nitrogens with zero attached hydrogens (tertiary/aromatic N) is 1. The number of hydrogen-bond donors (Lipinski definition) is 2. The van der Waals surface area contributed by atoms with Crippen LogP contribution in [-0.4, -0.2) is 25.3 Å². The quantitative estimate of drug-likeness (QED) is 0.688. The van der Waals surface area contributed by atoms with Crippen molar-refractivity contribution in [1.82, 2.24) is 10.5 Å². The van der Waals surface area contributed by atoms with E-state index >= 15 is 0 Å². The van der Waals surface area contributed by atoms with Crippen molar-refractivity contribution >= 4 is 23.1 Å². The van der Waals surface area contributed by atoms with Gasteiger partial charge in [-0.25, -0.2) is 0 Å². The number of rotatable bonds is 6. The van der Waals surface area contributed by atoms with E-state index in [0.717, 1.165) is 16.0 Å². The summed E-state index contributed by atoms with van der Waals surface area (Å²) in [5, 5.41) is 8.73. The third kappa shape index (κ3) is 3.36. The van der Waals surface area contributed by atoms with E-state index in [-0.39, 0.29) is 23.9 Å². The van der Waals surface area contributed by atoms with Crippen LogP contribution in [0.15, 0.2) is 34.2 Å². The van der Waals surface area contributed by atoms with Crippen molar-refractivity contribution in [2.45, 2.75) is 13.5 Å². The first-order valence-corrected chi connectivity index (χ1v) is 8.71. The number of nitrogens with two attached hydrogens (primary N) is 1. The van der Waals surface area contributed by atoms with Crippen molar-refractivity contribution in [1.29, 1.82) is 0 Å². The molecular formula is C18H19N3O4S. The highest BCUT2D eigenvalue weighted by Crippen LogP contribution is 2.33. The Balaban J connectivity index is 1.82. The fourth-order valence-corrected chi connectivity index (χ4v) is 3.47.